The predicted octanol–water partition coefficient (Wildman–Crippen LogP) is 7.97. The average molecular weight is 718 g/mol. The fraction of sp³-hybridized carbons (Fsp3) is 0.476. The van der Waals surface area contributed by atoms with Crippen LogP contribution in [0.3, 0.4) is 0 Å². The fourth-order valence-electron chi connectivity index (χ4n) is 7.72. The van der Waals surface area contributed by atoms with E-state index in [-0.39, 0.29) is 23.6 Å². The Labute approximate surface area is 313 Å². The third-order valence-electron chi connectivity index (χ3n) is 10.9. The number of carbonyl (C=O) groups is 1. The molecule has 3 aliphatic rings. The van der Waals surface area contributed by atoms with Crippen molar-refractivity contribution in [2.24, 2.45) is 16.1 Å². The number of anilines is 1. The Morgan fingerprint density at radius 2 is 1.74 bits per heavy atom. The molecule has 53 heavy (non-hydrogen) atoms. The molecule has 2 aromatic heterocycles. The average Bonchev–Trinajstić information content (AvgIpc) is 3.56. The molecule has 3 unspecified atom stereocenters. The minimum atomic E-state index is -0.331. The van der Waals surface area contributed by atoms with Gasteiger partial charge in [-0.25, -0.2) is 9.79 Å². The second-order valence-corrected chi connectivity index (χ2v) is 15.9. The molecule has 2 aliphatic heterocycles. The summed E-state index contributed by atoms with van der Waals surface area (Å²) in [5, 5.41) is 15.2. The maximum absolute atomic E-state index is 13.7. The Morgan fingerprint density at radius 3 is 2.53 bits per heavy atom. The second-order valence-electron chi connectivity index (χ2n) is 15.9. The van der Waals surface area contributed by atoms with E-state index in [0.29, 0.717) is 24.0 Å². The lowest BCUT2D eigenvalue weighted by atomic mass is 9.85. The highest BCUT2D eigenvalue weighted by Gasteiger charge is 2.30. The van der Waals surface area contributed by atoms with Crippen LogP contribution in [0.1, 0.15) is 108 Å². The minimum Gasteiger partial charge on any atom is -0.484 e. The number of urea groups is 1. The van der Waals surface area contributed by atoms with E-state index < -0.39 is 0 Å². The number of aromatic nitrogens is 3. The van der Waals surface area contributed by atoms with Gasteiger partial charge in [0.15, 0.2) is 5.65 Å². The van der Waals surface area contributed by atoms with Gasteiger partial charge in [0.05, 0.1) is 17.9 Å². The van der Waals surface area contributed by atoms with Gasteiger partial charge < -0.3 is 20.7 Å². The number of nitrogens with two attached hydrogens (primary N) is 1. The van der Waals surface area contributed by atoms with Gasteiger partial charge in [-0.05, 0) is 106 Å². The molecule has 7 rings (SSSR count). The molecule has 0 bridgehead atoms. The highest BCUT2D eigenvalue weighted by atomic mass is 16.5. The largest absolute Gasteiger partial charge is 0.484 e. The number of allylic oxidation sites excluding steroid dienone is 1. The molecule has 1 aliphatic carbocycles. The number of fused-ring (bicyclic) bond motifs is 2. The quantitative estimate of drug-likeness (QED) is 0.125. The van der Waals surface area contributed by atoms with Crippen molar-refractivity contribution in [1.82, 2.24) is 30.1 Å². The van der Waals surface area contributed by atoms with Gasteiger partial charge in [-0.15, -0.1) is 10.2 Å². The first kappa shape index (κ1) is 36.5. The number of likely N-dealkylation sites (tertiary alicyclic amines) is 1. The molecule has 3 atom stereocenters. The SMILES string of the molecule is CC1CCCCN1c1nnc2ccc(OC3CCC(NC(=O)NC(C=C(N)C(C)(C)C)=Nc4cccc(CN5CCCCC5)c4)c4ccccc43)cn12. The monoisotopic (exact) mass is 717 g/mol. The minimum absolute atomic E-state index is 0.164. The number of nitrogens with zero attached hydrogens (tertiary/aromatic N) is 6. The summed E-state index contributed by atoms with van der Waals surface area (Å²) in [6.07, 6.45) is 12.4. The van der Waals surface area contributed by atoms with Crippen LogP contribution in [0.25, 0.3) is 5.65 Å². The molecule has 4 heterocycles. The zero-order valence-corrected chi connectivity index (χ0v) is 31.7. The van der Waals surface area contributed by atoms with Gasteiger partial charge in [0.1, 0.15) is 17.7 Å². The van der Waals surface area contributed by atoms with Gasteiger partial charge in [-0.1, -0.05) is 63.6 Å². The van der Waals surface area contributed by atoms with Crippen molar-refractivity contribution in [3.8, 4) is 5.75 Å². The van der Waals surface area contributed by atoms with Crippen molar-refractivity contribution in [3.63, 3.8) is 0 Å². The predicted molar refractivity (Wildman–Crippen MR) is 211 cm³/mol. The van der Waals surface area contributed by atoms with Gasteiger partial charge in [-0.3, -0.25) is 14.6 Å². The van der Waals surface area contributed by atoms with Gasteiger partial charge >= 0.3 is 6.03 Å². The summed E-state index contributed by atoms with van der Waals surface area (Å²) >= 11 is 0. The van der Waals surface area contributed by atoms with Crippen LogP contribution in [0.4, 0.5) is 16.4 Å². The van der Waals surface area contributed by atoms with Crippen molar-refractivity contribution >= 4 is 29.1 Å². The Balaban J connectivity index is 1.06. The smallest absolute Gasteiger partial charge is 0.320 e. The zero-order valence-electron chi connectivity index (χ0n) is 31.7. The normalized spacial score (nSPS) is 21.7. The van der Waals surface area contributed by atoms with Crippen LogP contribution in [0, 0.1) is 5.41 Å². The molecular weight excluding hydrogens is 663 g/mol. The summed E-state index contributed by atoms with van der Waals surface area (Å²) in [4.78, 5) is 23.5. The van der Waals surface area contributed by atoms with Crippen molar-refractivity contribution in [2.45, 2.75) is 104 Å². The van der Waals surface area contributed by atoms with Crippen LogP contribution >= 0.6 is 0 Å². The summed E-state index contributed by atoms with van der Waals surface area (Å²) < 4.78 is 8.73. The number of pyridine rings is 1. The fourth-order valence-corrected chi connectivity index (χ4v) is 7.72. The van der Waals surface area contributed by atoms with Crippen LogP contribution in [0.5, 0.6) is 5.75 Å². The molecule has 4 N–H and O–H groups in total. The number of amidine groups is 1. The molecule has 2 saturated heterocycles. The molecule has 0 saturated carbocycles. The number of benzene rings is 2. The Morgan fingerprint density at radius 1 is 0.943 bits per heavy atom. The number of ether oxygens (including phenoxy) is 1. The number of aliphatic imine (C=N–C) groups is 1. The van der Waals surface area contributed by atoms with Crippen LogP contribution < -0.4 is 26.0 Å². The topological polar surface area (TPSA) is 125 Å². The van der Waals surface area contributed by atoms with Crippen LogP contribution in [-0.4, -0.2) is 57.0 Å². The molecule has 2 aromatic carbocycles. The Kier molecular flexibility index (Phi) is 11.0. The van der Waals surface area contributed by atoms with Crippen molar-refractivity contribution in [2.75, 3.05) is 24.5 Å². The first-order valence-corrected chi connectivity index (χ1v) is 19.4. The van der Waals surface area contributed by atoms with Crippen molar-refractivity contribution in [3.05, 3.63) is 95.3 Å². The van der Waals surface area contributed by atoms with E-state index in [9.17, 15) is 4.79 Å². The summed E-state index contributed by atoms with van der Waals surface area (Å²) in [6.45, 7) is 12.5. The van der Waals surface area contributed by atoms with Crippen LogP contribution in [0.2, 0.25) is 0 Å². The maximum atomic E-state index is 13.7. The van der Waals surface area contributed by atoms with E-state index in [4.69, 9.17) is 15.5 Å². The highest BCUT2D eigenvalue weighted by molar-refractivity contribution is 6.05. The summed E-state index contributed by atoms with van der Waals surface area (Å²) in [7, 11) is 0. The molecule has 4 aromatic rings. The molecule has 11 nitrogen and oxygen atoms in total. The third-order valence-corrected chi connectivity index (χ3v) is 10.9. The Bertz CT molecular complexity index is 1960. The molecule has 280 valence electrons. The van der Waals surface area contributed by atoms with Crippen molar-refractivity contribution in [1.29, 1.82) is 0 Å². The van der Waals surface area contributed by atoms with E-state index in [1.54, 1.807) is 6.08 Å². The summed E-state index contributed by atoms with van der Waals surface area (Å²) in [5.74, 6) is 2.03. The maximum Gasteiger partial charge on any atom is 0.320 e. The number of hydrogen-bond donors (Lipinski definition) is 3. The van der Waals surface area contributed by atoms with E-state index in [1.165, 1.54) is 31.2 Å². The number of amides is 2. The molecule has 2 amide bonds. The molecule has 0 radical (unpaired) electrons. The van der Waals surface area contributed by atoms with Gasteiger partial charge in [0.25, 0.3) is 0 Å². The Hall–Kier alpha value is -4.90. The molecule has 11 heteroatoms. The lowest BCUT2D eigenvalue weighted by molar-refractivity contribution is 0.171. The number of carbonyl (C=O) groups excluding carboxylic acids is 1. The number of piperidine rings is 2. The van der Waals surface area contributed by atoms with Crippen LogP contribution in [-0.2, 0) is 6.54 Å². The van der Waals surface area contributed by atoms with E-state index in [0.717, 1.165) is 79.6 Å². The second kappa shape index (κ2) is 16.0. The highest BCUT2D eigenvalue weighted by Crippen LogP contribution is 2.39. The van der Waals surface area contributed by atoms with Crippen LogP contribution in [0.15, 0.2) is 83.6 Å². The number of hydrogen-bond acceptors (Lipinski definition) is 8. The van der Waals surface area contributed by atoms with Crippen molar-refractivity contribution < 1.29 is 9.53 Å². The van der Waals surface area contributed by atoms with Gasteiger partial charge in [0.2, 0.25) is 5.95 Å². The third kappa shape index (κ3) is 8.84. The van der Waals surface area contributed by atoms with E-state index >= 15 is 0 Å². The summed E-state index contributed by atoms with van der Waals surface area (Å²) in [6, 6.07) is 20.3. The lowest BCUT2D eigenvalue weighted by Crippen LogP contribution is -2.42. The summed E-state index contributed by atoms with van der Waals surface area (Å²) in [5.41, 5.74) is 11.7. The van der Waals surface area contributed by atoms with E-state index in [2.05, 4.69) is 61.8 Å². The first-order valence-electron chi connectivity index (χ1n) is 19.4. The molecular formula is C42H55N9O2. The molecule has 2 fully saturated rings. The first-order chi connectivity index (χ1) is 25.6. The number of nitrogens with one attached hydrogen (secondary N) is 2. The van der Waals surface area contributed by atoms with E-state index in [1.807, 2.05) is 67.8 Å². The van der Waals surface area contributed by atoms with Gasteiger partial charge in [0, 0.05) is 36.3 Å². The molecule has 0 spiro atoms. The zero-order chi connectivity index (χ0) is 37.0. The standard InChI is InChI=1S/C42H55N9O2/c1-29-13-8-11-24-50(29)41-48-47-39-21-18-32(28-51(39)41)53-36-20-19-35(33-16-6-7-17-34(33)36)45-40(52)46-38(26-37(43)42(2,3)4)44-31-15-12-14-30(25-31)27-49-22-9-5-10-23-49/h6-7,12,14-18,21,25-26,28-29,35-36H,5,8-11,13,19-20,22-24,27,43H2,1-4H3,(H2,44,45,46,52). The van der Waals surface area contributed by atoms with Gasteiger partial charge in [-0.2, -0.15) is 0 Å². The lowest BCUT2D eigenvalue weighted by Gasteiger charge is -2.33. The number of rotatable bonds is 8.